The van der Waals surface area contributed by atoms with Gasteiger partial charge in [0.15, 0.2) is 0 Å². The topological polar surface area (TPSA) is 63.0 Å². The summed E-state index contributed by atoms with van der Waals surface area (Å²) in [5.41, 5.74) is 3.33. The summed E-state index contributed by atoms with van der Waals surface area (Å²) in [6, 6.07) is 4.15. The van der Waals surface area contributed by atoms with Gasteiger partial charge in [-0.05, 0) is 26.0 Å². The second kappa shape index (κ2) is 3.92. The third-order valence-electron chi connectivity index (χ3n) is 1.37. The molecule has 4 nitrogen and oxygen atoms in total. The minimum absolute atomic E-state index is 0.397. The van der Waals surface area contributed by atoms with Gasteiger partial charge in [0.25, 0.3) is 0 Å². The smallest absolute Gasteiger partial charge is 0.126 e. The van der Waals surface area contributed by atoms with Gasteiger partial charge in [-0.15, -0.1) is 0 Å². The van der Waals surface area contributed by atoms with E-state index in [1.165, 1.54) is 0 Å². The largest absolute Gasteiger partial charge is 0.368 e. The molecule has 1 aromatic rings. The van der Waals surface area contributed by atoms with Crippen molar-refractivity contribution in [1.29, 1.82) is 0 Å². The van der Waals surface area contributed by atoms with Gasteiger partial charge in [-0.25, -0.2) is 4.98 Å². The molecule has 4 N–H and O–H groups in total. The molecule has 0 aromatic carbocycles. The van der Waals surface area contributed by atoms with Gasteiger partial charge in [0.1, 0.15) is 5.82 Å². The summed E-state index contributed by atoms with van der Waals surface area (Å²) in [7, 11) is 0. The first-order valence-corrected chi connectivity index (χ1v) is 3.91. The monoisotopic (exact) mass is 166 g/mol. The van der Waals surface area contributed by atoms with E-state index in [0.717, 1.165) is 11.5 Å². The van der Waals surface area contributed by atoms with E-state index in [2.05, 4.69) is 29.6 Å². The molecular weight excluding hydrogens is 152 g/mol. The van der Waals surface area contributed by atoms with Crippen LogP contribution < -0.4 is 16.6 Å². The van der Waals surface area contributed by atoms with Gasteiger partial charge in [0.05, 0.1) is 11.9 Å². The fourth-order valence-electron chi connectivity index (χ4n) is 0.860. The molecule has 4 heteroatoms. The lowest BCUT2D eigenvalue weighted by Gasteiger charge is -2.08. The van der Waals surface area contributed by atoms with E-state index in [1.54, 1.807) is 6.20 Å². The summed E-state index contributed by atoms with van der Waals surface area (Å²) in [6.45, 7) is 4.13. The summed E-state index contributed by atoms with van der Waals surface area (Å²) in [6.07, 6.45) is 1.69. The van der Waals surface area contributed by atoms with Crippen LogP contribution in [0.15, 0.2) is 18.3 Å². The Morgan fingerprint density at radius 1 is 1.42 bits per heavy atom. The molecule has 0 atom stereocenters. The normalized spacial score (nSPS) is 10.0. The van der Waals surface area contributed by atoms with Crippen LogP contribution >= 0.6 is 0 Å². The zero-order valence-electron chi connectivity index (χ0n) is 7.33. The van der Waals surface area contributed by atoms with Gasteiger partial charge >= 0.3 is 0 Å². The fraction of sp³-hybridized carbons (Fsp3) is 0.375. The molecule has 1 aromatic heterocycles. The van der Waals surface area contributed by atoms with E-state index in [0.29, 0.717) is 6.04 Å². The van der Waals surface area contributed by atoms with Gasteiger partial charge in [0.2, 0.25) is 0 Å². The number of hydrazine groups is 1. The molecule has 0 aliphatic heterocycles. The predicted octanol–water partition coefficient (Wildman–Crippen LogP) is 1.19. The number of hydrogen-bond donors (Lipinski definition) is 3. The molecule has 0 unspecified atom stereocenters. The highest BCUT2D eigenvalue weighted by molar-refractivity contribution is 5.46. The highest BCUT2D eigenvalue weighted by Crippen LogP contribution is 2.08. The lowest BCUT2D eigenvalue weighted by molar-refractivity contribution is 0.889. The van der Waals surface area contributed by atoms with Crippen molar-refractivity contribution in [2.75, 3.05) is 10.7 Å². The van der Waals surface area contributed by atoms with Gasteiger partial charge in [-0.3, -0.25) is 5.84 Å². The van der Waals surface area contributed by atoms with Crippen LogP contribution in [0.4, 0.5) is 11.5 Å². The molecule has 0 amide bonds. The quantitative estimate of drug-likeness (QED) is 0.466. The highest BCUT2D eigenvalue weighted by Gasteiger charge is 1.95. The van der Waals surface area contributed by atoms with Crippen LogP contribution in [0.1, 0.15) is 13.8 Å². The first-order valence-electron chi connectivity index (χ1n) is 3.91. The summed E-state index contributed by atoms with van der Waals surface area (Å²) < 4.78 is 0. The molecule has 1 rings (SSSR count). The first kappa shape index (κ1) is 8.80. The van der Waals surface area contributed by atoms with E-state index in [1.807, 2.05) is 12.1 Å². The lowest BCUT2D eigenvalue weighted by atomic mass is 10.3. The zero-order chi connectivity index (χ0) is 8.97. The van der Waals surface area contributed by atoms with E-state index in [-0.39, 0.29) is 0 Å². The van der Waals surface area contributed by atoms with Crippen molar-refractivity contribution >= 4 is 11.5 Å². The Bertz CT molecular complexity index is 229. The van der Waals surface area contributed by atoms with Crippen molar-refractivity contribution in [2.45, 2.75) is 19.9 Å². The number of anilines is 2. The summed E-state index contributed by atoms with van der Waals surface area (Å²) in [4.78, 5) is 4.14. The van der Waals surface area contributed by atoms with Crippen molar-refractivity contribution in [3.05, 3.63) is 18.3 Å². The van der Waals surface area contributed by atoms with Crippen LogP contribution in [0.2, 0.25) is 0 Å². The Morgan fingerprint density at radius 2 is 2.17 bits per heavy atom. The Labute approximate surface area is 72.2 Å². The van der Waals surface area contributed by atoms with Crippen LogP contribution in [-0.2, 0) is 0 Å². The van der Waals surface area contributed by atoms with Gasteiger partial charge in [-0.1, -0.05) is 0 Å². The first-order chi connectivity index (χ1) is 5.72. The van der Waals surface area contributed by atoms with Crippen LogP contribution in [0.25, 0.3) is 0 Å². The van der Waals surface area contributed by atoms with Crippen LogP contribution in [0, 0.1) is 0 Å². The zero-order valence-corrected chi connectivity index (χ0v) is 7.33. The average molecular weight is 166 g/mol. The van der Waals surface area contributed by atoms with Crippen molar-refractivity contribution in [1.82, 2.24) is 4.98 Å². The Hall–Kier alpha value is -1.29. The molecular formula is C8H14N4. The number of nitrogens with zero attached hydrogens (tertiary/aromatic N) is 1. The summed E-state index contributed by atoms with van der Waals surface area (Å²) >= 11 is 0. The van der Waals surface area contributed by atoms with E-state index < -0.39 is 0 Å². The molecule has 1 heterocycles. The van der Waals surface area contributed by atoms with Crippen LogP contribution in [-0.4, -0.2) is 11.0 Å². The molecule has 66 valence electrons. The van der Waals surface area contributed by atoms with Crippen LogP contribution in [0.5, 0.6) is 0 Å². The summed E-state index contributed by atoms with van der Waals surface area (Å²) in [5.74, 6) is 6.06. The van der Waals surface area contributed by atoms with Crippen molar-refractivity contribution < 1.29 is 0 Å². The maximum atomic E-state index is 5.19. The molecule has 0 radical (unpaired) electrons. The van der Waals surface area contributed by atoms with Crippen LogP contribution in [0.3, 0.4) is 0 Å². The number of nitrogens with one attached hydrogen (secondary N) is 2. The Morgan fingerprint density at radius 3 is 2.58 bits per heavy atom. The fourth-order valence-corrected chi connectivity index (χ4v) is 0.860. The standard InChI is InChI=1S/C8H14N4/c1-6(2)11-8-4-3-7(12-9)5-10-8/h3-6,12H,9H2,1-2H3,(H,10,11). The Balaban J connectivity index is 2.65. The third-order valence-corrected chi connectivity index (χ3v) is 1.37. The maximum Gasteiger partial charge on any atom is 0.126 e. The summed E-state index contributed by atoms with van der Waals surface area (Å²) in [5, 5.41) is 3.18. The SMILES string of the molecule is CC(C)Nc1ccc(NN)cn1. The minimum Gasteiger partial charge on any atom is -0.368 e. The second-order valence-corrected chi connectivity index (χ2v) is 2.88. The van der Waals surface area contributed by atoms with Crippen molar-refractivity contribution in [3.63, 3.8) is 0 Å². The number of aromatic nitrogens is 1. The molecule has 0 bridgehead atoms. The molecule has 0 aliphatic carbocycles. The Kier molecular flexibility index (Phi) is 2.88. The predicted molar refractivity (Wildman–Crippen MR) is 50.8 cm³/mol. The van der Waals surface area contributed by atoms with E-state index >= 15 is 0 Å². The van der Waals surface area contributed by atoms with Crippen molar-refractivity contribution in [3.8, 4) is 0 Å². The average Bonchev–Trinajstić information content (AvgIpc) is 2.05. The lowest BCUT2D eigenvalue weighted by Crippen LogP contribution is -2.11. The molecule has 0 saturated carbocycles. The highest BCUT2D eigenvalue weighted by atomic mass is 15.2. The molecule has 0 saturated heterocycles. The number of nitrogens with two attached hydrogens (primary N) is 1. The number of rotatable bonds is 3. The minimum atomic E-state index is 0.397. The third kappa shape index (κ3) is 2.39. The molecule has 12 heavy (non-hydrogen) atoms. The van der Waals surface area contributed by atoms with Gasteiger partial charge in [-0.2, -0.15) is 0 Å². The maximum absolute atomic E-state index is 5.19. The van der Waals surface area contributed by atoms with Crippen molar-refractivity contribution in [2.24, 2.45) is 5.84 Å². The number of hydrogen-bond acceptors (Lipinski definition) is 4. The van der Waals surface area contributed by atoms with Gasteiger partial charge in [0, 0.05) is 6.04 Å². The van der Waals surface area contributed by atoms with E-state index in [9.17, 15) is 0 Å². The molecule has 0 aliphatic rings. The molecule has 0 fully saturated rings. The second-order valence-electron chi connectivity index (χ2n) is 2.88. The van der Waals surface area contributed by atoms with E-state index in [4.69, 9.17) is 5.84 Å². The van der Waals surface area contributed by atoms with Gasteiger partial charge < -0.3 is 10.7 Å². The number of nitrogen functional groups attached to an aromatic ring is 1. The molecule has 0 spiro atoms. The number of pyridine rings is 1.